The topological polar surface area (TPSA) is 66.7 Å². The zero-order valence-corrected chi connectivity index (χ0v) is 15.3. The molecule has 0 aromatic heterocycles. The minimum absolute atomic E-state index is 0.0739. The third-order valence-corrected chi connectivity index (χ3v) is 5.09. The number of carbonyl (C=O) groups is 1. The molecule has 1 fully saturated rings. The Morgan fingerprint density at radius 1 is 1.20 bits per heavy atom. The van der Waals surface area contributed by atoms with E-state index in [9.17, 15) is 14.9 Å². The molecule has 0 aliphatic carbocycles. The largest absolute Gasteiger partial charge is 0.329 e. The zero-order chi connectivity index (χ0) is 18.0. The second kappa shape index (κ2) is 7.33. The van der Waals surface area contributed by atoms with E-state index < -0.39 is 4.92 Å². The van der Waals surface area contributed by atoms with Gasteiger partial charge in [-0.05, 0) is 40.7 Å². The summed E-state index contributed by atoms with van der Waals surface area (Å²) >= 11 is 3.16. The van der Waals surface area contributed by atoms with Gasteiger partial charge in [0.05, 0.1) is 15.4 Å². The van der Waals surface area contributed by atoms with E-state index in [-0.39, 0.29) is 17.6 Å². The van der Waals surface area contributed by atoms with Crippen molar-refractivity contribution in [3.8, 4) is 0 Å². The van der Waals surface area contributed by atoms with Crippen LogP contribution >= 0.6 is 15.9 Å². The van der Waals surface area contributed by atoms with Crippen LogP contribution in [-0.4, -0.2) is 47.3 Å². The van der Waals surface area contributed by atoms with Gasteiger partial charge in [0.25, 0.3) is 11.6 Å². The summed E-state index contributed by atoms with van der Waals surface area (Å²) in [6.07, 6.45) is 0. The number of piperazine rings is 1. The van der Waals surface area contributed by atoms with Crippen LogP contribution < -0.4 is 0 Å². The van der Waals surface area contributed by atoms with Crippen LogP contribution in [0, 0.1) is 10.1 Å². The molecular formula is C18H18BrN3O3. The standard InChI is InChI=1S/C18H18BrN3O3/c1-20-9-10-21(17(12-20)13-5-3-2-4-6-13)18(23)14-7-8-15(19)16(11-14)22(24)25/h2-8,11,17H,9-10,12H2,1H3. The lowest BCUT2D eigenvalue weighted by Crippen LogP contribution is -2.49. The van der Waals surface area contributed by atoms with Gasteiger partial charge in [-0.1, -0.05) is 30.3 Å². The SMILES string of the molecule is CN1CCN(C(=O)c2ccc(Br)c([N+](=O)[O-])c2)C(c2ccccc2)C1. The molecule has 0 bridgehead atoms. The third kappa shape index (κ3) is 3.72. The molecule has 6 nitrogen and oxygen atoms in total. The highest BCUT2D eigenvalue weighted by Gasteiger charge is 2.31. The minimum Gasteiger partial charge on any atom is -0.329 e. The first-order valence-corrected chi connectivity index (χ1v) is 8.75. The highest BCUT2D eigenvalue weighted by molar-refractivity contribution is 9.10. The Balaban J connectivity index is 1.94. The van der Waals surface area contributed by atoms with Gasteiger partial charge < -0.3 is 9.80 Å². The van der Waals surface area contributed by atoms with Crippen molar-refractivity contribution in [3.05, 3.63) is 74.2 Å². The van der Waals surface area contributed by atoms with Gasteiger partial charge in [-0.3, -0.25) is 14.9 Å². The number of rotatable bonds is 3. The number of nitro benzene ring substituents is 1. The lowest BCUT2D eigenvalue weighted by molar-refractivity contribution is -0.385. The van der Waals surface area contributed by atoms with Crippen LogP contribution in [0.5, 0.6) is 0 Å². The van der Waals surface area contributed by atoms with Gasteiger partial charge >= 0.3 is 0 Å². The lowest BCUT2D eigenvalue weighted by Gasteiger charge is -2.40. The quantitative estimate of drug-likeness (QED) is 0.580. The molecule has 7 heteroatoms. The highest BCUT2D eigenvalue weighted by atomic mass is 79.9. The van der Waals surface area contributed by atoms with Crippen molar-refractivity contribution in [2.45, 2.75) is 6.04 Å². The smallest absolute Gasteiger partial charge is 0.284 e. The first kappa shape index (κ1) is 17.6. The van der Waals surface area contributed by atoms with Gasteiger partial charge in [0.1, 0.15) is 0 Å². The summed E-state index contributed by atoms with van der Waals surface area (Å²) in [6, 6.07) is 14.3. The molecule has 0 N–H and O–H groups in total. The molecule has 1 atom stereocenters. The van der Waals surface area contributed by atoms with Crippen LogP contribution in [0.2, 0.25) is 0 Å². The molecule has 25 heavy (non-hydrogen) atoms. The van der Waals surface area contributed by atoms with Crippen LogP contribution in [0.15, 0.2) is 53.0 Å². The molecule has 1 heterocycles. The lowest BCUT2D eigenvalue weighted by atomic mass is 10.0. The van der Waals surface area contributed by atoms with Crippen molar-refractivity contribution >= 4 is 27.5 Å². The average Bonchev–Trinajstić information content (AvgIpc) is 2.62. The Hall–Kier alpha value is -2.25. The zero-order valence-electron chi connectivity index (χ0n) is 13.8. The summed E-state index contributed by atoms with van der Waals surface area (Å²) in [5.74, 6) is -0.183. The molecular weight excluding hydrogens is 386 g/mol. The van der Waals surface area contributed by atoms with Gasteiger partial charge in [0.15, 0.2) is 0 Å². The van der Waals surface area contributed by atoms with Crippen LogP contribution in [0.4, 0.5) is 5.69 Å². The number of likely N-dealkylation sites (N-methyl/N-ethyl adjacent to an activating group) is 1. The molecule has 1 amide bonds. The number of hydrogen-bond donors (Lipinski definition) is 0. The second-order valence-electron chi connectivity index (χ2n) is 6.11. The monoisotopic (exact) mass is 403 g/mol. The molecule has 0 spiro atoms. The number of halogens is 1. The average molecular weight is 404 g/mol. The summed E-state index contributed by atoms with van der Waals surface area (Å²) < 4.78 is 0.368. The summed E-state index contributed by atoms with van der Waals surface area (Å²) in [7, 11) is 2.03. The van der Waals surface area contributed by atoms with Crippen molar-refractivity contribution in [3.63, 3.8) is 0 Å². The Morgan fingerprint density at radius 3 is 2.60 bits per heavy atom. The third-order valence-electron chi connectivity index (χ3n) is 4.42. The normalized spacial score (nSPS) is 18.2. The molecule has 1 aliphatic heterocycles. The molecule has 2 aromatic carbocycles. The van der Waals surface area contributed by atoms with E-state index in [1.54, 1.807) is 12.1 Å². The van der Waals surface area contributed by atoms with E-state index >= 15 is 0 Å². The van der Waals surface area contributed by atoms with Gasteiger partial charge in [0.2, 0.25) is 0 Å². The Labute approximate surface area is 154 Å². The van der Waals surface area contributed by atoms with E-state index in [2.05, 4.69) is 20.8 Å². The maximum atomic E-state index is 13.0. The number of nitrogens with zero attached hydrogens (tertiary/aromatic N) is 3. The van der Waals surface area contributed by atoms with Crippen LogP contribution in [-0.2, 0) is 0 Å². The number of carbonyl (C=O) groups excluding carboxylic acids is 1. The van der Waals surface area contributed by atoms with E-state index in [0.29, 0.717) is 16.6 Å². The molecule has 3 rings (SSSR count). The van der Waals surface area contributed by atoms with Crippen LogP contribution in [0.3, 0.4) is 0 Å². The van der Waals surface area contributed by atoms with Crippen LogP contribution in [0.1, 0.15) is 22.0 Å². The van der Waals surface area contributed by atoms with Crippen molar-refractivity contribution in [1.29, 1.82) is 0 Å². The second-order valence-corrected chi connectivity index (χ2v) is 6.96. The molecule has 1 saturated heterocycles. The molecule has 1 unspecified atom stereocenters. The molecule has 1 aliphatic rings. The number of nitro groups is 1. The van der Waals surface area contributed by atoms with Crippen molar-refractivity contribution in [2.75, 3.05) is 26.7 Å². The fourth-order valence-corrected chi connectivity index (χ4v) is 3.47. The van der Waals surface area contributed by atoms with E-state index in [4.69, 9.17) is 0 Å². The van der Waals surface area contributed by atoms with Crippen molar-refractivity contribution in [1.82, 2.24) is 9.80 Å². The van der Waals surface area contributed by atoms with Crippen LogP contribution in [0.25, 0.3) is 0 Å². The molecule has 130 valence electrons. The van der Waals surface area contributed by atoms with Gasteiger partial charge in [-0.25, -0.2) is 0 Å². The molecule has 0 radical (unpaired) electrons. The minimum atomic E-state index is -0.487. The first-order chi connectivity index (χ1) is 12.0. The predicted octanol–water partition coefficient (Wildman–Crippen LogP) is 3.49. The first-order valence-electron chi connectivity index (χ1n) is 7.96. The summed E-state index contributed by atoms with van der Waals surface area (Å²) in [5.41, 5.74) is 1.30. The molecule has 0 saturated carbocycles. The van der Waals surface area contributed by atoms with E-state index in [1.165, 1.54) is 6.07 Å². The highest BCUT2D eigenvalue weighted by Crippen LogP contribution is 2.30. The molecule has 2 aromatic rings. The fourth-order valence-electron chi connectivity index (χ4n) is 3.07. The van der Waals surface area contributed by atoms with E-state index in [0.717, 1.165) is 18.7 Å². The summed E-state index contributed by atoms with van der Waals surface area (Å²) in [4.78, 5) is 27.7. The fraction of sp³-hybridized carbons (Fsp3) is 0.278. The van der Waals surface area contributed by atoms with Gasteiger partial charge in [-0.2, -0.15) is 0 Å². The maximum absolute atomic E-state index is 13.0. The summed E-state index contributed by atoms with van der Waals surface area (Å²) in [5, 5.41) is 11.1. The van der Waals surface area contributed by atoms with Crippen molar-refractivity contribution in [2.24, 2.45) is 0 Å². The Bertz CT molecular complexity index is 797. The maximum Gasteiger partial charge on any atom is 0.284 e. The van der Waals surface area contributed by atoms with Gasteiger partial charge in [0, 0.05) is 31.3 Å². The Kier molecular flexibility index (Phi) is 5.15. The number of hydrogen-bond acceptors (Lipinski definition) is 4. The van der Waals surface area contributed by atoms with E-state index in [1.807, 2.05) is 42.3 Å². The van der Waals surface area contributed by atoms with Crippen molar-refractivity contribution < 1.29 is 9.72 Å². The predicted molar refractivity (Wildman–Crippen MR) is 98.5 cm³/mol. The Morgan fingerprint density at radius 2 is 1.92 bits per heavy atom. The summed E-state index contributed by atoms with van der Waals surface area (Å²) in [6.45, 7) is 2.08. The number of benzene rings is 2. The van der Waals surface area contributed by atoms with Gasteiger partial charge in [-0.15, -0.1) is 0 Å². The number of amides is 1.